The molecule has 2 N–H and O–H groups in total. The van der Waals surface area contributed by atoms with Gasteiger partial charge in [0, 0.05) is 23.5 Å². The lowest BCUT2D eigenvalue weighted by Gasteiger charge is -2.30. The molecule has 20 heavy (non-hydrogen) atoms. The summed E-state index contributed by atoms with van der Waals surface area (Å²) in [6, 6.07) is 0. The monoisotopic (exact) mass is 279 g/mol. The molecule has 0 radical (unpaired) electrons. The molecule has 1 atom stereocenters. The number of hydrogen-bond acceptors (Lipinski definition) is 3. The van der Waals surface area contributed by atoms with Crippen LogP contribution in [0, 0.1) is 0 Å². The largest absolute Gasteiger partial charge is 0.384 e. The number of nitrogens with two attached hydrogens (primary N) is 1. The lowest BCUT2D eigenvalue weighted by molar-refractivity contribution is 0.0795. The van der Waals surface area contributed by atoms with Gasteiger partial charge in [-0.25, -0.2) is 4.98 Å². The van der Waals surface area contributed by atoms with Gasteiger partial charge in [-0.2, -0.15) is 0 Å². The van der Waals surface area contributed by atoms with E-state index in [0.717, 1.165) is 43.4 Å². The maximum absolute atomic E-state index is 6.46. The average Bonchev–Trinajstić information content (AvgIpc) is 2.67. The van der Waals surface area contributed by atoms with E-state index in [1.807, 2.05) is 0 Å². The quantitative estimate of drug-likeness (QED) is 0.857. The highest BCUT2D eigenvalue weighted by Gasteiger charge is 2.33. The van der Waals surface area contributed by atoms with Crippen LogP contribution in [0.4, 0.5) is 5.82 Å². The third-order valence-electron chi connectivity index (χ3n) is 3.83. The van der Waals surface area contributed by atoms with Crippen LogP contribution in [0.5, 0.6) is 0 Å². The molecule has 4 heteroatoms. The van der Waals surface area contributed by atoms with Crippen molar-refractivity contribution in [1.29, 1.82) is 0 Å². The van der Waals surface area contributed by atoms with E-state index in [2.05, 4.69) is 46.1 Å². The molecular formula is C16H29N3O. The standard InChI is InChI=1S/C16H29N3O/c1-15(2,3)14-18-12(11-8-7-9-20-10-11)13(17)19(14)16(4,5)6/h11H,7-10,17H2,1-6H3. The van der Waals surface area contributed by atoms with E-state index in [4.69, 9.17) is 15.5 Å². The van der Waals surface area contributed by atoms with Crippen molar-refractivity contribution in [3.63, 3.8) is 0 Å². The molecule has 0 spiro atoms. The minimum Gasteiger partial charge on any atom is -0.384 e. The number of aromatic nitrogens is 2. The lowest BCUT2D eigenvalue weighted by atomic mass is 9.94. The van der Waals surface area contributed by atoms with E-state index in [-0.39, 0.29) is 11.0 Å². The highest BCUT2D eigenvalue weighted by Crippen LogP contribution is 2.36. The van der Waals surface area contributed by atoms with Crippen LogP contribution < -0.4 is 5.73 Å². The second-order valence-corrected chi connectivity index (χ2v) is 7.88. The molecule has 0 aliphatic carbocycles. The third kappa shape index (κ3) is 2.85. The van der Waals surface area contributed by atoms with Crippen molar-refractivity contribution >= 4 is 5.82 Å². The maximum Gasteiger partial charge on any atom is 0.127 e. The highest BCUT2D eigenvalue weighted by atomic mass is 16.5. The summed E-state index contributed by atoms with van der Waals surface area (Å²) in [4.78, 5) is 4.93. The summed E-state index contributed by atoms with van der Waals surface area (Å²) >= 11 is 0. The Morgan fingerprint density at radius 1 is 1.20 bits per heavy atom. The van der Waals surface area contributed by atoms with Crippen molar-refractivity contribution in [2.45, 2.75) is 71.3 Å². The minimum atomic E-state index is -0.0620. The summed E-state index contributed by atoms with van der Waals surface area (Å²) < 4.78 is 7.81. The minimum absolute atomic E-state index is 0.0187. The molecule has 114 valence electrons. The van der Waals surface area contributed by atoms with Crippen molar-refractivity contribution in [1.82, 2.24) is 9.55 Å². The predicted octanol–water partition coefficient (Wildman–Crippen LogP) is 3.41. The number of hydrogen-bond donors (Lipinski definition) is 1. The second-order valence-electron chi connectivity index (χ2n) is 7.88. The van der Waals surface area contributed by atoms with Gasteiger partial charge in [0.25, 0.3) is 0 Å². The molecule has 1 saturated heterocycles. The van der Waals surface area contributed by atoms with E-state index in [9.17, 15) is 0 Å². The number of imidazole rings is 1. The molecule has 1 aliphatic rings. The topological polar surface area (TPSA) is 53.1 Å². The Labute approximate surface area is 122 Å². The highest BCUT2D eigenvalue weighted by molar-refractivity contribution is 5.43. The van der Waals surface area contributed by atoms with Gasteiger partial charge in [0.2, 0.25) is 0 Å². The molecule has 2 rings (SSSR count). The van der Waals surface area contributed by atoms with Gasteiger partial charge in [-0.05, 0) is 33.6 Å². The Morgan fingerprint density at radius 2 is 1.85 bits per heavy atom. The van der Waals surface area contributed by atoms with Crippen LogP contribution in [0.3, 0.4) is 0 Å². The Kier molecular flexibility index (Phi) is 3.89. The van der Waals surface area contributed by atoms with Crippen LogP contribution in [0.15, 0.2) is 0 Å². The van der Waals surface area contributed by atoms with E-state index in [1.54, 1.807) is 0 Å². The summed E-state index contributed by atoms with van der Waals surface area (Å²) in [5.41, 5.74) is 7.41. The van der Waals surface area contributed by atoms with Crippen molar-refractivity contribution in [3.05, 3.63) is 11.5 Å². The Hall–Kier alpha value is -1.03. The van der Waals surface area contributed by atoms with Crippen molar-refractivity contribution < 1.29 is 4.74 Å². The fourth-order valence-corrected chi connectivity index (χ4v) is 2.89. The maximum atomic E-state index is 6.46. The van der Waals surface area contributed by atoms with Crippen LogP contribution in [0.1, 0.15) is 71.8 Å². The van der Waals surface area contributed by atoms with Gasteiger partial charge < -0.3 is 15.0 Å². The van der Waals surface area contributed by atoms with Gasteiger partial charge in [-0.1, -0.05) is 20.8 Å². The first-order valence-electron chi connectivity index (χ1n) is 7.59. The smallest absolute Gasteiger partial charge is 0.127 e. The first-order chi connectivity index (χ1) is 9.12. The normalized spacial score (nSPS) is 21.2. The van der Waals surface area contributed by atoms with Crippen LogP contribution in [-0.2, 0) is 15.7 Å². The van der Waals surface area contributed by atoms with E-state index in [0.29, 0.717) is 5.92 Å². The number of nitrogen functional groups attached to an aromatic ring is 1. The van der Waals surface area contributed by atoms with Gasteiger partial charge in [-0.3, -0.25) is 0 Å². The zero-order valence-corrected chi connectivity index (χ0v) is 13.8. The Morgan fingerprint density at radius 3 is 2.25 bits per heavy atom. The molecular weight excluding hydrogens is 250 g/mol. The van der Waals surface area contributed by atoms with E-state index in [1.165, 1.54) is 0 Å². The fraction of sp³-hybridized carbons (Fsp3) is 0.812. The van der Waals surface area contributed by atoms with Crippen LogP contribution in [0.25, 0.3) is 0 Å². The summed E-state index contributed by atoms with van der Waals surface area (Å²) in [5.74, 6) is 2.23. The number of rotatable bonds is 1. The molecule has 1 aromatic heterocycles. The zero-order chi connectivity index (χ0) is 15.1. The van der Waals surface area contributed by atoms with Crippen molar-refractivity contribution in [2.75, 3.05) is 18.9 Å². The van der Waals surface area contributed by atoms with E-state index < -0.39 is 0 Å². The van der Waals surface area contributed by atoms with Gasteiger partial charge in [-0.15, -0.1) is 0 Å². The summed E-state index contributed by atoms with van der Waals surface area (Å²) in [6.07, 6.45) is 2.21. The molecule has 2 heterocycles. The first kappa shape index (κ1) is 15.4. The molecule has 1 unspecified atom stereocenters. The molecule has 1 aromatic rings. The molecule has 0 aromatic carbocycles. The van der Waals surface area contributed by atoms with Crippen LogP contribution in [-0.4, -0.2) is 22.8 Å². The molecule has 1 fully saturated rings. The molecule has 1 aliphatic heterocycles. The lowest BCUT2D eigenvalue weighted by Crippen LogP contribution is -2.30. The number of ether oxygens (including phenoxy) is 1. The second kappa shape index (κ2) is 5.06. The summed E-state index contributed by atoms with van der Waals surface area (Å²) in [6.45, 7) is 14.7. The molecule has 0 bridgehead atoms. The fourth-order valence-electron chi connectivity index (χ4n) is 2.89. The predicted molar refractivity (Wildman–Crippen MR) is 83.1 cm³/mol. The summed E-state index contributed by atoms with van der Waals surface area (Å²) in [7, 11) is 0. The zero-order valence-electron chi connectivity index (χ0n) is 13.8. The molecule has 0 saturated carbocycles. The van der Waals surface area contributed by atoms with Crippen LogP contribution in [0.2, 0.25) is 0 Å². The third-order valence-corrected chi connectivity index (χ3v) is 3.83. The first-order valence-corrected chi connectivity index (χ1v) is 7.59. The SMILES string of the molecule is CC(C)(C)c1nc(C2CCCOC2)c(N)n1C(C)(C)C. The Bertz CT molecular complexity index is 471. The summed E-state index contributed by atoms with van der Waals surface area (Å²) in [5, 5.41) is 0. The van der Waals surface area contributed by atoms with Gasteiger partial charge in [0.15, 0.2) is 0 Å². The Balaban J connectivity index is 2.52. The van der Waals surface area contributed by atoms with Crippen molar-refractivity contribution in [3.8, 4) is 0 Å². The number of anilines is 1. The molecule has 0 amide bonds. The molecule has 4 nitrogen and oxygen atoms in total. The van der Waals surface area contributed by atoms with Gasteiger partial charge in [0.1, 0.15) is 11.6 Å². The number of nitrogens with zero attached hydrogens (tertiary/aromatic N) is 2. The van der Waals surface area contributed by atoms with E-state index >= 15 is 0 Å². The average molecular weight is 279 g/mol. The van der Waals surface area contributed by atoms with Gasteiger partial charge >= 0.3 is 0 Å². The van der Waals surface area contributed by atoms with Gasteiger partial charge in [0.05, 0.1) is 12.3 Å². The van der Waals surface area contributed by atoms with Crippen LogP contribution >= 0.6 is 0 Å². The van der Waals surface area contributed by atoms with Crippen molar-refractivity contribution in [2.24, 2.45) is 0 Å².